The fourth-order valence-electron chi connectivity index (χ4n) is 2.41. The highest BCUT2D eigenvalue weighted by Gasteiger charge is 2.32. The van der Waals surface area contributed by atoms with Crippen LogP contribution in [-0.4, -0.2) is 32.5 Å². The molecule has 1 aromatic heterocycles. The van der Waals surface area contributed by atoms with Crippen molar-refractivity contribution in [1.82, 2.24) is 9.71 Å². The van der Waals surface area contributed by atoms with Gasteiger partial charge in [0.2, 0.25) is 5.91 Å². The summed E-state index contributed by atoms with van der Waals surface area (Å²) >= 11 is 0. The summed E-state index contributed by atoms with van der Waals surface area (Å²) in [5, 5.41) is -0.636. The van der Waals surface area contributed by atoms with Crippen molar-refractivity contribution in [2.45, 2.75) is 31.0 Å². The predicted octanol–water partition coefficient (Wildman–Crippen LogP) is 1.97. The van der Waals surface area contributed by atoms with E-state index in [2.05, 4.69) is 4.98 Å². The average Bonchev–Trinajstić information content (AvgIpc) is 2.54. The number of pyridine rings is 1. The molecule has 2 heterocycles. The van der Waals surface area contributed by atoms with Crippen LogP contribution in [0.15, 0.2) is 23.4 Å². The first-order valence-electron chi connectivity index (χ1n) is 7.29. The standard InChI is InChI=1S/C14H17F3N2O4S/c1-9(10-4-6-23-7-5-10)13(20)19-24(21,22)12-3-2-11(8-18-12)14(15,16)17/h2-3,8-10H,4-7H2,1H3,(H,19,20)/t9-/m0/s1. The number of amides is 1. The van der Waals surface area contributed by atoms with Crippen LogP contribution >= 0.6 is 0 Å². The van der Waals surface area contributed by atoms with Gasteiger partial charge in [0.05, 0.1) is 5.56 Å². The molecular weight excluding hydrogens is 349 g/mol. The second-order valence-corrected chi connectivity index (χ2v) is 7.22. The van der Waals surface area contributed by atoms with Crippen molar-refractivity contribution in [2.75, 3.05) is 13.2 Å². The highest BCUT2D eigenvalue weighted by Crippen LogP contribution is 2.29. The van der Waals surface area contributed by atoms with Gasteiger partial charge in [-0.15, -0.1) is 0 Å². The van der Waals surface area contributed by atoms with Gasteiger partial charge in [-0.2, -0.15) is 21.6 Å². The van der Waals surface area contributed by atoms with Crippen LogP contribution in [0.2, 0.25) is 0 Å². The Hall–Kier alpha value is -1.68. The lowest BCUT2D eigenvalue weighted by atomic mass is 9.87. The monoisotopic (exact) mass is 366 g/mol. The number of nitrogens with zero attached hydrogens (tertiary/aromatic N) is 1. The number of rotatable bonds is 4. The number of hydrogen-bond donors (Lipinski definition) is 1. The predicted molar refractivity (Wildman–Crippen MR) is 77.3 cm³/mol. The smallest absolute Gasteiger partial charge is 0.381 e. The van der Waals surface area contributed by atoms with Crippen LogP contribution in [0.3, 0.4) is 0 Å². The first kappa shape index (κ1) is 18.7. The first-order valence-corrected chi connectivity index (χ1v) is 8.77. The minimum atomic E-state index is -4.61. The van der Waals surface area contributed by atoms with Crippen LogP contribution in [0.4, 0.5) is 13.2 Å². The molecule has 0 spiro atoms. The third-order valence-electron chi connectivity index (χ3n) is 3.96. The molecule has 134 valence electrons. The number of nitrogens with one attached hydrogen (secondary N) is 1. The summed E-state index contributed by atoms with van der Waals surface area (Å²) in [6, 6.07) is 1.32. The summed E-state index contributed by atoms with van der Waals surface area (Å²) < 4.78 is 68.6. The van der Waals surface area contributed by atoms with Crippen molar-refractivity contribution in [1.29, 1.82) is 0 Å². The number of alkyl halides is 3. The lowest BCUT2D eigenvalue weighted by molar-refractivity contribution is -0.138. The van der Waals surface area contributed by atoms with Crippen molar-refractivity contribution < 1.29 is 31.1 Å². The highest BCUT2D eigenvalue weighted by atomic mass is 32.2. The largest absolute Gasteiger partial charge is 0.417 e. The Morgan fingerprint density at radius 1 is 1.33 bits per heavy atom. The van der Waals surface area contributed by atoms with Crippen molar-refractivity contribution in [3.8, 4) is 0 Å². The van der Waals surface area contributed by atoms with Gasteiger partial charge in [0.25, 0.3) is 10.0 Å². The second-order valence-electron chi connectivity index (χ2n) is 5.59. The summed E-state index contributed by atoms with van der Waals surface area (Å²) in [6.45, 7) is 2.63. The summed E-state index contributed by atoms with van der Waals surface area (Å²) in [5.41, 5.74) is -1.07. The molecule has 24 heavy (non-hydrogen) atoms. The molecular formula is C14H17F3N2O4S. The number of ether oxygens (including phenoxy) is 1. The van der Waals surface area contributed by atoms with Gasteiger partial charge in [0.15, 0.2) is 5.03 Å². The number of carbonyl (C=O) groups excluding carboxylic acids is 1. The van der Waals surface area contributed by atoms with E-state index < -0.39 is 38.6 Å². The molecule has 1 fully saturated rings. The molecule has 1 aromatic rings. The Balaban J connectivity index is 2.08. The number of carbonyl (C=O) groups is 1. The molecule has 1 atom stereocenters. The molecule has 6 nitrogen and oxygen atoms in total. The van der Waals surface area contributed by atoms with Crippen molar-refractivity contribution in [2.24, 2.45) is 11.8 Å². The van der Waals surface area contributed by atoms with Crippen LogP contribution < -0.4 is 4.72 Å². The molecule has 0 aliphatic carbocycles. The maximum Gasteiger partial charge on any atom is 0.417 e. The van der Waals surface area contributed by atoms with Gasteiger partial charge in [-0.25, -0.2) is 9.71 Å². The highest BCUT2D eigenvalue weighted by molar-refractivity contribution is 7.90. The minimum Gasteiger partial charge on any atom is -0.381 e. The van der Waals surface area contributed by atoms with E-state index in [0.717, 1.165) is 6.07 Å². The summed E-state index contributed by atoms with van der Waals surface area (Å²) in [6.07, 6.45) is -2.91. The lowest BCUT2D eigenvalue weighted by Gasteiger charge is -2.26. The number of sulfonamides is 1. The van der Waals surface area contributed by atoms with Gasteiger partial charge in [-0.05, 0) is 30.9 Å². The zero-order valence-corrected chi connectivity index (χ0v) is 13.7. The molecule has 0 bridgehead atoms. The summed E-state index contributed by atoms with van der Waals surface area (Å²) in [4.78, 5) is 15.4. The Morgan fingerprint density at radius 3 is 2.46 bits per heavy atom. The summed E-state index contributed by atoms with van der Waals surface area (Å²) in [7, 11) is -4.31. The lowest BCUT2D eigenvalue weighted by Crippen LogP contribution is -2.39. The van der Waals surface area contributed by atoms with Crippen molar-refractivity contribution in [3.63, 3.8) is 0 Å². The van der Waals surface area contributed by atoms with E-state index in [4.69, 9.17) is 4.74 Å². The van der Waals surface area contributed by atoms with Crippen LogP contribution in [0.1, 0.15) is 25.3 Å². The van der Waals surface area contributed by atoms with E-state index in [1.165, 1.54) is 0 Å². The molecule has 1 saturated heterocycles. The number of halogens is 3. The molecule has 0 saturated carbocycles. The third kappa shape index (κ3) is 4.44. The van der Waals surface area contributed by atoms with Crippen molar-refractivity contribution in [3.05, 3.63) is 23.9 Å². The Labute approximate surface area is 137 Å². The zero-order valence-electron chi connectivity index (χ0n) is 12.8. The summed E-state index contributed by atoms with van der Waals surface area (Å²) in [5.74, 6) is -1.27. The number of hydrogen-bond acceptors (Lipinski definition) is 5. The molecule has 0 radical (unpaired) electrons. The molecule has 1 aliphatic heterocycles. The Morgan fingerprint density at radius 2 is 1.96 bits per heavy atom. The van der Waals surface area contributed by atoms with E-state index in [-0.39, 0.29) is 5.92 Å². The zero-order chi connectivity index (χ0) is 18.0. The molecule has 1 N–H and O–H groups in total. The SMILES string of the molecule is C[C@H](C(=O)NS(=O)(=O)c1ccc(C(F)(F)F)cn1)C1CCOCC1. The van der Waals surface area contributed by atoms with E-state index in [1.54, 1.807) is 6.92 Å². The number of aromatic nitrogens is 1. The molecule has 0 unspecified atom stereocenters. The average molecular weight is 366 g/mol. The van der Waals surface area contributed by atoms with Gasteiger partial charge in [-0.1, -0.05) is 6.92 Å². The Kier molecular flexibility index (Phi) is 5.49. The van der Waals surface area contributed by atoms with E-state index in [1.807, 2.05) is 4.72 Å². The fraction of sp³-hybridized carbons (Fsp3) is 0.571. The van der Waals surface area contributed by atoms with Crippen LogP contribution in [0.5, 0.6) is 0 Å². The Bertz CT molecular complexity index is 683. The normalized spacial score (nSPS) is 18.2. The second kappa shape index (κ2) is 7.06. The van der Waals surface area contributed by atoms with Crippen LogP contribution in [-0.2, 0) is 25.7 Å². The van der Waals surface area contributed by atoms with E-state index in [9.17, 15) is 26.4 Å². The van der Waals surface area contributed by atoms with Crippen molar-refractivity contribution >= 4 is 15.9 Å². The molecule has 10 heteroatoms. The van der Waals surface area contributed by atoms with Gasteiger partial charge >= 0.3 is 6.18 Å². The van der Waals surface area contributed by atoms with Gasteiger partial charge in [0.1, 0.15) is 0 Å². The minimum absolute atomic E-state index is 0.00508. The maximum atomic E-state index is 12.5. The topological polar surface area (TPSA) is 85.4 Å². The van der Waals surface area contributed by atoms with Crippen LogP contribution in [0.25, 0.3) is 0 Å². The quantitative estimate of drug-likeness (QED) is 0.881. The van der Waals surface area contributed by atoms with Crippen LogP contribution in [0, 0.1) is 11.8 Å². The van der Waals surface area contributed by atoms with Gasteiger partial charge in [-0.3, -0.25) is 4.79 Å². The molecule has 1 aliphatic rings. The maximum absolute atomic E-state index is 12.5. The molecule has 2 rings (SSSR count). The van der Waals surface area contributed by atoms with Gasteiger partial charge in [0, 0.05) is 25.3 Å². The van der Waals surface area contributed by atoms with E-state index >= 15 is 0 Å². The van der Waals surface area contributed by atoms with Gasteiger partial charge < -0.3 is 4.74 Å². The fourth-order valence-corrected chi connectivity index (χ4v) is 3.41. The molecule has 1 amide bonds. The van der Waals surface area contributed by atoms with E-state index in [0.29, 0.717) is 38.3 Å². The molecule has 0 aromatic carbocycles. The third-order valence-corrected chi connectivity index (χ3v) is 5.22. The first-order chi connectivity index (χ1) is 11.1.